The molecule has 0 fully saturated rings. The van der Waals surface area contributed by atoms with Crippen LogP contribution in [0.3, 0.4) is 0 Å². The van der Waals surface area contributed by atoms with Crippen LogP contribution >= 0.6 is 11.3 Å². The summed E-state index contributed by atoms with van der Waals surface area (Å²) in [4.78, 5) is 35.8. The van der Waals surface area contributed by atoms with Gasteiger partial charge in [0.15, 0.2) is 0 Å². The lowest BCUT2D eigenvalue weighted by molar-refractivity contribution is -0.121. The number of amides is 3. The van der Waals surface area contributed by atoms with Crippen molar-refractivity contribution < 1.29 is 18.8 Å². The standard InChI is InChI=1S/C18H20FN3O3S/c19-14-6-2-1-5-13(14)17(24)22-11-10-20-16(23)8-3-9-21-18(25)15-7-4-12-26-15/h1-2,4-7,12H,3,8-11H2,(H,20,23)(H,21,25)(H,22,24). The third kappa shape index (κ3) is 6.29. The molecule has 2 rings (SSSR count). The Morgan fingerprint density at radius 2 is 1.62 bits per heavy atom. The van der Waals surface area contributed by atoms with E-state index in [0.717, 1.165) is 0 Å². The van der Waals surface area contributed by atoms with Gasteiger partial charge in [-0.05, 0) is 30.0 Å². The van der Waals surface area contributed by atoms with Crippen LogP contribution in [0.15, 0.2) is 41.8 Å². The highest BCUT2D eigenvalue weighted by Gasteiger charge is 2.10. The number of hydrogen-bond acceptors (Lipinski definition) is 4. The summed E-state index contributed by atoms with van der Waals surface area (Å²) in [6, 6.07) is 9.24. The first-order valence-electron chi connectivity index (χ1n) is 8.19. The molecule has 26 heavy (non-hydrogen) atoms. The van der Waals surface area contributed by atoms with Gasteiger partial charge in [-0.25, -0.2) is 4.39 Å². The maximum atomic E-state index is 13.4. The van der Waals surface area contributed by atoms with Crippen molar-refractivity contribution in [2.24, 2.45) is 0 Å². The Morgan fingerprint density at radius 3 is 2.35 bits per heavy atom. The van der Waals surface area contributed by atoms with Gasteiger partial charge < -0.3 is 16.0 Å². The summed E-state index contributed by atoms with van der Waals surface area (Å²) in [6.07, 6.45) is 0.788. The van der Waals surface area contributed by atoms with E-state index in [2.05, 4.69) is 16.0 Å². The molecule has 6 nitrogen and oxygen atoms in total. The van der Waals surface area contributed by atoms with Crippen LogP contribution < -0.4 is 16.0 Å². The first-order valence-corrected chi connectivity index (χ1v) is 9.07. The second kappa shape index (κ2) is 10.3. The summed E-state index contributed by atoms with van der Waals surface area (Å²) in [5, 5.41) is 9.78. The van der Waals surface area contributed by atoms with Gasteiger partial charge in [0.1, 0.15) is 5.82 Å². The lowest BCUT2D eigenvalue weighted by atomic mass is 10.2. The fraction of sp³-hybridized carbons (Fsp3) is 0.278. The van der Waals surface area contributed by atoms with E-state index in [-0.39, 0.29) is 36.9 Å². The fourth-order valence-corrected chi connectivity index (χ4v) is 2.79. The van der Waals surface area contributed by atoms with Gasteiger partial charge in [0, 0.05) is 26.1 Å². The first-order chi connectivity index (χ1) is 12.6. The molecule has 0 radical (unpaired) electrons. The van der Waals surface area contributed by atoms with Crippen LogP contribution in [0.2, 0.25) is 0 Å². The van der Waals surface area contributed by atoms with Crippen LogP contribution in [0.5, 0.6) is 0 Å². The minimum atomic E-state index is -0.585. The minimum Gasteiger partial charge on any atom is -0.354 e. The van der Waals surface area contributed by atoms with Gasteiger partial charge in [-0.2, -0.15) is 0 Å². The minimum absolute atomic E-state index is 0.0275. The Kier molecular flexibility index (Phi) is 7.75. The van der Waals surface area contributed by atoms with Crippen molar-refractivity contribution in [1.82, 2.24) is 16.0 Å². The Morgan fingerprint density at radius 1 is 0.885 bits per heavy atom. The van der Waals surface area contributed by atoms with E-state index in [4.69, 9.17) is 0 Å². The van der Waals surface area contributed by atoms with Crippen molar-refractivity contribution in [3.05, 3.63) is 58.0 Å². The second-order valence-corrected chi connectivity index (χ2v) is 6.37. The number of nitrogens with one attached hydrogen (secondary N) is 3. The fourth-order valence-electron chi connectivity index (χ4n) is 2.15. The highest BCUT2D eigenvalue weighted by molar-refractivity contribution is 7.12. The Bertz CT molecular complexity index is 750. The molecule has 3 amide bonds. The molecule has 0 saturated carbocycles. The molecule has 138 valence electrons. The van der Waals surface area contributed by atoms with Crippen LogP contribution in [-0.4, -0.2) is 37.4 Å². The third-order valence-electron chi connectivity index (χ3n) is 3.46. The van der Waals surface area contributed by atoms with Crippen LogP contribution in [0.25, 0.3) is 0 Å². The number of halogens is 1. The molecular formula is C18H20FN3O3S. The number of thiophene rings is 1. The molecule has 2 aromatic rings. The van der Waals surface area contributed by atoms with Gasteiger partial charge in [0.25, 0.3) is 11.8 Å². The van der Waals surface area contributed by atoms with E-state index < -0.39 is 11.7 Å². The van der Waals surface area contributed by atoms with E-state index in [1.807, 2.05) is 5.38 Å². The number of carbonyl (C=O) groups excluding carboxylic acids is 3. The largest absolute Gasteiger partial charge is 0.354 e. The van der Waals surface area contributed by atoms with Crippen LogP contribution in [0.4, 0.5) is 4.39 Å². The zero-order valence-corrected chi connectivity index (χ0v) is 14.9. The van der Waals surface area contributed by atoms with Crippen molar-refractivity contribution >= 4 is 29.1 Å². The molecule has 1 heterocycles. The van der Waals surface area contributed by atoms with E-state index >= 15 is 0 Å². The van der Waals surface area contributed by atoms with Gasteiger partial charge in [0.05, 0.1) is 10.4 Å². The van der Waals surface area contributed by atoms with E-state index in [1.54, 1.807) is 18.2 Å². The maximum absolute atomic E-state index is 13.4. The SMILES string of the molecule is O=C(CCCNC(=O)c1cccs1)NCCNC(=O)c1ccccc1F. The topological polar surface area (TPSA) is 87.3 Å². The molecule has 0 saturated heterocycles. The summed E-state index contributed by atoms with van der Waals surface area (Å²) >= 11 is 1.36. The molecule has 0 atom stereocenters. The monoisotopic (exact) mass is 377 g/mol. The Hall–Kier alpha value is -2.74. The van der Waals surface area contributed by atoms with Crippen LogP contribution in [-0.2, 0) is 4.79 Å². The van der Waals surface area contributed by atoms with Gasteiger partial charge >= 0.3 is 0 Å². The number of benzene rings is 1. The van der Waals surface area contributed by atoms with Crippen molar-refractivity contribution in [1.29, 1.82) is 0 Å². The predicted octanol–water partition coefficient (Wildman–Crippen LogP) is 1.94. The Labute approximate surface area is 154 Å². The lowest BCUT2D eigenvalue weighted by Crippen LogP contribution is -2.35. The molecule has 0 aliphatic heterocycles. The lowest BCUT2D eigenvalue weighted by Gasteiger charge is -2.08. The summed E-state index contributed by atoms with van der Waals surface area (Å²) in [7, 11) is 0. The van der Waals surface area contributed by atoms with Crippen molar-refractivity contribution in [2.75, 3.05) is 19.6 Å². The van der Waals surface area contributed by atoms with Crippen molar-refractivity contribution in [3.8, 4) is 0 Å². The zero-order valence-electron chi connectivity index (χ0n) is 14.1. The highest BCUT2D eigenvalue weighted by atomic mass is 32.1. The van der Waals surface area contributed by atoms with Crippen molar-refractivity contribution in [3.63, 3.8) is 0 Å². The van der Waals surface area contributed by atoms with Gasteiger partial charge in [-0.3, -0.25) is 14.4 Å². The zero-order chi connectivity index (χ0) is 18.8. The first kappa shape index (κ1) is 19.6. The third-order valence-corrected chi connectivity index (χ3v) is 4.33. The smallest absolute Gasteiger partial charge is 0.261 e. The molecule has 0 bridgehead atoms. The second-order valence-electron chi connectivity index (χ2n) is 5.42. The quantitative estimate of drug-likeness (QED) is 0.584. The normalized spacial score (nSPS) is 10.2. The number of carbonyl (C=O) groups is 3. The van der Waals surface area contributed by atoms with Crippen LogP contribution in [0, 0.1) is 5.82 Å². The summed E-state index contributed by atoms with van der Waals surface area (Å²) < 4.78 is 13.4. The van der Waals surface area contributed by atoms with Crippen molar-refractivity contribution in [2.45, 2.75) is 12.8 Å². The van der Waals surface area contributed by atoms with E-state index in [9.17, 15) is 18.8 Å². The van der Waals surface area contributed by atoms with E-state index in [0.29, 0.717) is 17.8 Å². The molecule has 0 aliphatic rings. The molecule has 1 aromatic carbocycles. The van der Waals surface area contributed by atoms with Gasteiger partial charge in [0.2, 0.25) is 5.91 Å². The van der Waals surface area contributed by atoms with Crippen LogP contribution in [0.1, 0.15) is 32.9 Å². The molecule has 1 aromatic heterocycles. The molecule has 3 N–H and O–H groups in total. The molecule has 0 unspecified atom stereocenters. The average molecular weight is 377 g/mol. The van der Waals surface area contributed by atoms with E-state index in [1.165, 1.54) is 29.5 Å². The summed E-state index contributed by atoms with van der Waals surface area (Å²) in [5.41, 5.74) is -0.0275. The van der Waals surface area contributed by atoms with Gasteiger partial charge in [-0.15, -0.1) is 11.3 Å². The number of rotatable bonds is 9. The molecule has 8 heteroatoms. The highest BCUT2D eigenvalue weighted by Crippen LogP contribution is 2.07. The van der Waals surface area contributed by atoms with Gasteiger partial charge in [-0.1, -0.05) is 18.2 Å². The summed E-state index contributed by atoms with van der Waals surface area (Å²) in [6.45, 7) is 0.864. The average Bonchev–Trinajstić information content (AvgIpc) is 3.17. The Balaban J connectivity index is 1.54. The predicted molar refractivity (Wildman–Crippen MR) is 97.6 cm³/mol. The maximum Gasteiger partial charge on any atom is 0.261 e. The summed E-state index contributed by atoms with van der Waals surface area (Å²) in [5.74, 6) is -1.42. The molecule has 0 aliphatic carbocycles. The molecular weight excluding hydrogens is 357 g/mol. The number of hydrogen-bond donors (Lipinski definition) is 3. The molecule has 0 spiro atoms.